The van der Waals surface area contributed by atoms with E-state index in [0.29, 0.717) is 29.5 Å². The van der Waals surface area contributed by atoms with Crippen molar-refractivity contribution in [3.8, 4) is 0 Å². The van der Waals surface area contributed by atoms with Crippen LogP contribution in [0, 0.1) is 6.92 Å². The summed E-state index contributed by atoms with van der Waals surface area (Å²) in [5.74, 6) is -0.748. The summed E-state index contributed by atoms with van der Waals surface area (Å²) in [6.07, 6.45) is 0. The molecular weight excluding hydrogens is 440 g/mol. The molecule has 0 fully saturated rings. The molecule has 0 saturated heterocycles. The Morgan fingerprint density at radius 1 is 0.968 bits per heavy atom. The highest BCUT2D eigenvalue weighted by molar-refractivity contribution is 7.89. The van der Waals surface area contributed by atoms with Crippen LogP contribution in [0.3, 0.4) is 0 Å². The van der Waals surface area contributed by atoms with Crippen LogP contribution < -0.4 is 16.0 Å². The van der Waals surface area contributed by atoms with Gasteiger partial charge in [0.05, 0.1) is 18.0 Å². The smallest absolute Gasteiger partial charge is 0.243 e. The maximum absolute atomic E-state index is 12.5. The van der Waals surface area contributed by atoms with Gasteiger partial charge in [-0.25, -0.2) is 8.42 Å². The second-order valence-electron chi connectivity index (χ2n) is 6.70. The Morgan fingerprint density at radius 3 is 2.23 bits per heavy atom. The zero-order valence-corrected chi connectivity index (χ0v) is 19.3. The number of hydrogen-bond acceptors (Lipinski definition) is 5. The highest BCUT2D eigenvalue weighted by atomic mass is 35.5. The normalized spacial score (nSPS) is 11.3. The van der Waals surface area contributed by atoms with Gasteiger partial charge in [-0.05, 0) is 48.9 Å². The number of benzene rings is 2. The predicted octanol–water partition coefficient (Wildman–Crippen LogP) is 2.85. The van der Waals surface area contributed by atoms with Crippen molar-refractivity contribution >= 4 is 44.8 Å². The van der Waals surface area contributed by atoms with Crippen LogP contribution in [-0.2, 0) is 19.6 Å². The molecule has 3 N–H and O–H groups in total. The molecule has 0 aliphatic rings. The highest BCUT2D eigenvalue weighted by Crippen LogP contribution is 2.22. The van der Waals surface area contributed by atoms with Crippen LogP contribution in [0.2, 0.25) is 5.02 Å². The summed E-state index contributed by atoms with van der Waals surface area (Å²) in [5.41, 5.74) is 1.93. The zero-order chi connectivity index (χ0) is 23.0. The number of amides is 2. The standard InChI is InChI=1S/C21H27ClN4O4S/c1-4-26(5-2)31(29,30)17-11-9-16(10-12-17)23-13-20(27)24-14-21(28)25-19-8-6-7-18(22)15(19)3/h6-12,23H,4-5,13-14H2,1-3H3,(H,24,27)(H,25,28). The van der Waals surface area contributed by atoms with Crippen molar-refractivity contribution < 1.29 is 18.0 Å². The third-order valence-electron chi connectivity index (χ3n) is 4.64. The molecule has 0 radical (unpaired) electrons. The Kier molecular flexibility index (Phi) is 8.85. The van der Waals surface area contributed by atoms with Gasteiger partial charge in [-0.3, -0.25) is 9.59 Å². The molecule has 0 aliphatic carbocycles. The van der Waals surface area contributed by atoms with Gasteiger partial charge in [-0.1, -0.05) is 31.5 Å². The molecule has 168 valence electrons. The summed E-state index contributed by atoms with van der Waals surface area (Å²) < 4.78 is 26.3. The van der Waals surface area contributed by atoms with Gasteiger partial charge in [0.15, 0.2) is 0 Å². The number of rotatable bonds is 10. The van der Waals surface area contributed by atoms with E-state index in [4.69, 9.17) is 11.6 Å². The zero-order valence-electron chi connectivity index (χ0n) is 17.7. The molecule has 0 aliphatic heterocycles. The molecule has 0 heterocycles. The van der Waals surface area contributed by atoms with E-state index in [9.17, 15) is 18.0 Å². The second kappa shape index (κ2) is 11.1. The first-order valence-electron chi connectivity index (χ1n) is 9.84. The molecule has 0 bridgehead atoms. The number of halogens is 1. The number of hydrogen-bond donors (Lipinski definition) is 3. The van der Waals surface area contributed by atoms with Crippen molar-refractivity contribution in [1.82, 2.24) is 9.62 Å². The number of nitrogens with one attached hydrogen (secondary N) is 3. The monoisotopic (exact) mass is 466 g/mol. The highest BCUT2D eigenvalue weighted by Gasteiger charge is 2.21. The lowest BCUT2D eigenvalue weighted by atomic mass is 10.2. The molecule has 0 atom stereocenters. The fourth-order valence-corrected chi connectivity index (χ4v) is 4.45. The summed E-state index contributed by atoms with van der Waals surface area (Å²) in [6.45, 7) is 5.89. The minimum absolute atomic E-state index is 0.0639. The van der Waals surface area contributed by atoms with Gasteiger partial charge in [-0.15, -0.1) is 0 Å². The van der Waals surface area contributed by atoms with Crippen LogP contribution in [0.15, 0.2) is 47.4 Å². The Balaban J connectivity index is 1.83. The Morgan fingerprint density at radius 2 is 1.61 bits per heavy atom. The number of carbonyl (C=O) groups excluding carboxylic acids is 2. The lowest BCUT2D eigenvalue weighted by Gasteiger charge is -2.18. The van der Waals surface area contributed by atoms with Crippen LogP contribution in [0.4, 0.5) is 11.4 Å². The van der Waals surface area contributed by atoms with E-state index < -0.39 is 10.0 Å². The summed E-state index contributed by atoms with van der Waals surface area (Å²) >= 11 is 6.02. The van der Waals surface area contributed by atoms with Gasteiger partial charge in [0.1, 0.15) is 0 Å². The summed E-state index contributed by atoms with van der Waals surface area (Å²) in [6, 6.07) is 11.4. The van der Waals surface area contributed by atoms with E-state index in [-0.39, 0.29) is 29.8 Å². The molecule has 2 rings (SSSR count). The number of anilines is 2. The van der Waals surface area contributed by atoms with Gasteiger partial charge in [0.25, 0.3) is 0 Å². The fourth-order valence-electron chi connectivity index (χ4n) is 2.82. The summed E-state index contributed by atoms with van der Waals surface area (Å²) in [5, 5.41) is 8.67. The van der Waals surface area contributed by atoms with E-state index in [1.165, 1.54) is 16.4 Å². The Labute approximate surface area is 188 Å². The quantitative estimate of drug-likeness (QED) is 0.499. The first kappa shape index (κ1) is 24.6. The van der Waals surface area contributed by atoms with Crippen molar-refractivity contribution in [3.05, 3.63) is 53.1 Å². The molecular formula is C21H27ClN4O4S. The van der Waals surface area contributed by atoms with E-state index in [0.717, 1.165) is 5.56 Å². The molecule has 2 amide bonds. The Hall–Kier alpha value is -2.62. The average molecular weight is 467 g/mol. The molecule has 10 heteroatoms. The maximum Gasteiger partial charge on any atom is 0.243 e. The molecule has 0 saturated carbocycles. The van der Waals surface area contributed by atoms with Gasteiger partial charge < -0.3 is 16.0 Å². The maximum atomic E-state index is 12.5. The molecule has 2 aromatic rings. The molecule has 31 heavy (non-hydrogen) atoms. The predicted molar refractivity (Wildman–Crippen MR) is 123 cm³/mol. The summed E-state index contributed by atoms with van der Waals surface area (Å²) in [7, 11) is -3.53. The van der Waals surface area contributed by atoms with E-state index in [2.05, 4.69) is 16.0 Å². The topological polar surface area (TPSA) is 108 Å². The minimum atomic E-state index is -3.53. The number of nitrogens with zero attached hydrogens (tertiary/aromatic N) is 1. The van der Waals surface area contributed by atoms with Crippen LogP contribution in [0.25, 0.3) is 0 Å². The van der Waals surface area contributed by atoms with Crippen LogP contribution >= 0.6 is 11.6 Å². The molecule has 2 aromatic carbocycles. The fraction of sp³-hybridized carbons (Fsp3) is 0.333. The van der Waals surface area contributed by atoms with Crippen molar-refractivity contribution in [3.63, 3.8) is 0 Å². The average Bonchev–Trinajstić information content (AvgIpc) is 2.75. The lowest BCUT2D eigenvalue weighted by Crippen LogP contribution is -2.36. The van der Waals surface area contributed by atoms with Gasteiger partial charge in [0, 0.05) is 29.5 Å². The van der Waals surface area contributed by atoms with Crippen molar-refractivity contribution in [2.75, 3.05) is 36.8 Å². The van der Waals surface area contributed by atoms with Gasteiger partial charge in [0.2, 0.25) is 21.8 Å². The first-order valence-corrected chi connectivity index (χ1v) is 11.7. The molecule has 8 nitrogen and oxygen atoms in total. The van der Waals surface area contributed by atoms with Crippen molar-refractivity contribution in [2.24, 2.45) is 0 Å². The van der Waals surface area contributed by atoms with Crippen LogP contribution in [-0.4, -0.2) is 50.7 Å². The summed E-state index contributed by atoms with van der Waals surface area (Å²) in [4.78, 5) is 24.2. The lowest BCUT2D eigenvalue weighted by molar-refractivity contribution is -0.122. The van der Waals surface area contributed by atoms with Gasteiger partial charge in [-0.2, -0.15) is 4.31 Å². The second-order valence-corrected chi connectivity index (χ2v) is 9.05. The first-order chi connectivity index (χ1) is 14.7. The SMILES string of the molecule is CCN(CC)S(=O)(=O)c1ccc(NCC(=O)NCC(=O)Nc2cccc(Cl)c2C)cc1. The molecule has 0 aromatic heterocycles. The molecule has 0 spiro atoms. The van der Waals surface area contributed by atoms with Crippen molar-refractivity contribution in [1.29, 1.82) is 0 Å². The largest absolute Gasteiger partial charge is 0.376 e. The van der Waals surface area contributed by atoms with E-state index >= 15 is 0 Å². The molecule has 0 unspecified atom stereocenters. The third kappa shape index (κ3) is 6.68. The third-order valence-corrected chi connectivity index (χ3v) is 7.11. The van der Waals surface area contributed by atoms with Crippen molar-refractivity contribution in [2.45, 2.75) is 25.7 Å². The van der Waals surface area contributed by atoms with Crippen LogP contribution in [0.1, 0.15) is 19.4 Å². The van der Waals surface area contributed by atoms with E-state index in [1.807, 2.05) is 0 Å². The number of sulfonamides is 1. The Bertz CT molecular complexity index is 1020. The van der Waals surface area contributed by atoms with E-state index in [1.54, 1.807) is 51.1 Å². The minimum Gasteiger partial charge on any atom is -0.376 e. The number of carbonyl (C=O) groups is 2. The van der Waals surface area contributed by atoms with Gasteiger partial charge >= 0.3 is 0 Å². The van der Waals surface area contributed by atoms with Crippen LogP contribution in [0.5, 0.6) is 0 Å².